The Labute approximate surface area is 171 Å². The first kappa shape index (κ1) is 22.0. The van der Waals surface area contributed by atoms with Gasteiger partial charge < -0.3 is 5.32 Å². The summed E-state index contributed by atoms with van der Waals surface area (Å²) < 4.78 is 0. The van der Waals surface area contributed by atoms with Crippen molar-refractivity contribution in [1.29, 1.82) is 0 Å². The molecule has 152 valence electrons. The maximum absolute atomic E-state index is 12.8. The number of anilines is 1. The highest BCUT2D eigenvalue weighted by Gasteiger charge is 2.28. The van der Waals surface area contributed by atoms with Gasteiger partial charge in [0, 0.05) is 12.0 Å². The summed E-state index contributed by atoms with van der Waals surface area (Å²) >= 11 is 1.32. The highest BCUT2D eigenvalue weighted by atomic mass is 32.1. The normalized spacial score (nSPS) is 13.6. The first-order valence-corrected chi connectivity index (χ1v) is 10.4. The van der Waals surface area contributed by atoms with E-state index in [0.29, 0.717) is 11.6 Å². The van der Waals surface area contributed by atoms with Gasteiger partial charge in [0.25, 0.3) is 0 Å². The minimum absolute atomic E-state index is 0.00748. The number of nitrogens with zero attached hydrogens (tertiary/aromatic N) is 2. The molecule has 0 radical (unpaired) electrons. The van der Waals surface area contributed by atoms with Crippen LogP contribution < -0.4 is 10.6 Å². The van der Waals surface area contributed by atoms with Gasteiger partial charge in [0.05, 0.1) is 0 Å². The lowest BCUT2D eigenvalue weighted by Crippen LogP contribution is -2.48. The number of nitrogens with one attached hydrogen (secondary N) is 2. The monoisotopic (exact) mass is 402 g/mol. The van der Waals surface area contributed by atoms with E-state index in [1.165, 1.54) is 11.3 Å². The summed E-state index contributed by atoms with van der Waals surface area (Å²) in [4.78, 5) is 25.2. The lowest BCUT2D eigenvalue weighted by Gasteiger charge is -2.25. The Kier molecular flexibility index (Phi) is 7.29. The van der Waals surface area contributed by atoms with E-state index < -0.39 is 6.04 Å². The fourth-order valence-corrected chi connectivity index (χ4v) is 3.50. The summed E-state index contributed by atoms with van der Waals surface area (Å²) in [5, 5.41) is 15.2. The van der Waals surface area contributed by atoms with Gasteiger partial charge in [-0.3, -0.25) is 14.9 Å². The van der Waals surface area contributed by atoms with E-state index in [1.54, 1.807) is 0 Å². The molecule has 0 fully saturated rings. The molecule has 1 aromatic heterocycles. The molecule has 0 aliphatic heterocycles. The number of benzene rings is 1. The summed E-state index contributed by atoms with van der Waals surface area (Å²) in [6.07, 6.45) is 1.14. The van der Waals surface area contributed by atoms with Gasteiger partial charge in [0.15, 0.2) is 0 Å². The van der Waals surface area contributed by atoms with Gasteiger partial charge in [-0.25, -0.2) is 0 Å². The SMILES string of the molecule is CCC(C)C(NC(=O)CC(C)(C)C)C(=O)Nc1nnc(-c2cccc(C)c2)s1. The van der Waals surface area contributed by atoms with E-state index in [-0.39, 0.29) is 23.1 Å². The number of carbonyl (C=O) groups excluding carboxylic acids is 2. The van der Waals surface area contributed by atoms with Crippen LogP contribution in [0.3, 0.4) is 0 Å². The molecule has 1 heterocycles. The summed E-state index contributed by atoms with van der Waals surface area (Å²) in [5.74, 6) is -0.373. The van der Waals surface area contributed by atoms with E-state index >= 15 is 0 Å². The topological polar surface area (TPSA) is 84.0 Å². The van der Waals surface area contributed by atoms with E-state index in [0.717, 1.165) is 22.6 Å². The second-order valence-electron chi connectivity index (χ2n) is 8.44. The van der Waals surface area contributed by atoms with Crippen LogP contribution in [-0.4, -0.2) is 28.1 Å². The molecular weight excluding hydrogens is 372 g/mol. The van der Waals surface area contributed by atoms with Crippen molar-refractivity contribution < 1.29 is 9.59 Å². The summed E-state index contributed by atoms with van der Waals surface area (Å²) in [6.45, 7) is 12.0. The smallest absolute Gasteiger partial charge is 0.249 e. The second kappa shape index (κ2) is 9.28. The van der Waals surface area contributed by atoms with Crippen LogP contribution in [0.15, 0.2) is 24.3 Å². The van der Waals surface area contributed by atoms with Crippen molar-refractivity contribution in [3.63, 3.8) is 0 Å². The zero-order valence-corrected chi connectivity index (χ0v) is 18.3. The molecule has 7 heteroatoms. The van der Waals surface area contributed by atoms with Crippen molar-refractivity contribution in [3.8, 4) is 10.6 Å². The van der Waals surface area contributed by atoms with E-state index in [9.17, 15) is 9.59 Å². The number of rotatable bonds is 7. The minimum Gasteiger partial charge on any atom is -0.344 e. The van der Waals surface area contributed by atoms with Crippen molar-refractivity contribution >= 4 is 28.3 Å². The third-order valence-electron chi connectivity index (χ3n) is 4.42. The van der Waals surface area contributed by atoms with Crippen molar-refractivity contribution in [2.75, 3.05) is 5.32 Å². The third-order valence-corrected chi connectivity index (χ3v) is 5.31. The first-order valence-electron chi connectivity index (χ1n) is 9.60. The molecule has 0 saturated heterocycles. The fourth-order valence-electron chi connectivity index (χ4n) is 2.76. The molecule has 0 saturated carbocycles. The molecule has 0 bridgehead atoms. The molecule has 6 nitrogen and oxygen atoms in total. The van der Waals surface area contributed by atoms with Crippen LogP contribution in [0, 0.1) is 18.3 Å². The van der Waals surface area contributed by atoms with Crippen LogP contribution in [0.2, 0.25) is 0 Å². The number of carbonyl (C=O) groups is 2. The van der Waals surface area contributed by atoms with Gasteiger partial charge in [-0.05, 0) is 24.3 Å². The molecule has 0 spiro atoms. The Morgan fingerprint density at radius 3 is 2.54 bits per heavy atom. The van der Waals surface area contributed by atoms with Crippen LogP contribution in [0.4, 0.5) is 5.13 Å². The average molecular weight is 403 g/mol. The predicted octanol–water partition coefficient (Wildman–Crippen LogP) is 4.42. The lowest BCUT2D eigenvalue weighted by molar-refractivity contribution is -0.128. The maximum atomic E-state index is 12.8. The zero-order chi connectivity index (χ0) is 20.9. The van der Waals surface area contributed by atoms with Gasteiger partial charge >= 0.3 is 0 Å². The van der Waals surface area contributed by atoms with Crippen LogP contribution in [0.1, 0.15) is 53.0 Å². The van der Waals surface area contributed by atoms with Crippen molar-refractivity contribution in [1.82, 2.24) is 15.5 Å². The molecular formula is C21H30N4O2S. The Balaban J connectivity index is 2.10. The summed E-state index contributed by atoms with van der Waals surface area (Å²) in [7, 11) is 0. The highest BCUT2D eigenvalue weighted by Crippen LogP contribution is 2.27. The van der Waals surface area contributed by atoms with Gasteiger partial charge in [0.2, 0.25) is 16.9 Å². The number of hydrogen-bond acceptors (Lipinski definition) is 5. The van der Waals surface area contributed by atoms with Crippen molar-refractivity contribution in [2.45, 2.75) is 60.4 Å². The molecule has 2 N–H and O–H groups in total. The molecule has 2 atom stereocenters. The number of hydrogen-bond donors (Lipinski definition) is 2. The zero-order valence-electron chi connectivity index (χ0n) is 17.5. The third kappa shape index (κ3) is 6.41. The predicted molar refractivity (Wildman–Crippen MR) is 114 cm³/mol. The van der Waals surface area contributed by atoms with Gasteiger partial charge in [0.1, 0.15) is 11.0 Å². The van der Waals surface area contributed by atoms with E-state index in [2.05, 4.69) is 20.8 Å². The number of aryl methyl sites for hydroxylation is 1. The molecule has 28 heavy (non-hydrogen) atoms. The lowest BCUT2D eigenvalue weighted by atomic mass is 9.91. The fraction of sp³-hybridized carbons (Fsp3) is 0.524. The van der Waals surface area contributed by atoms with Crippen LogP contribution in [0.5, 0.6) is 0 Å². The van der Waals surface area contributed by atoms with Crippen LogP contribution in [-0.2, 0) is 9.59 Å². The highest BCUT2D eigenvalue weighted by molar-refractivity contribution is 7.18. The average Bonchev–Trinajstić information content (AvgIpc) is 3.06. The van der Waals surface area contributed by atoms with Crippen molar-refractivity contribution in [2.24, 2.45) is 11.3 Å². The van der Waals surface area contributed by atoms with Gasteiger partial charge in [-0.1, -0.05) is 76.1 Å². The standard InChI is InChI=1S/C21H30N4O2S/c1-7-14(3)17(22-16(26)12-21(4,5)6)18(27)23-20-25-24-19(28-20)15-10-8-9-13(2)11-15/h8-11,14,17H,7,12H2,1-6H3,(H,22,26)(H,23,25,27). The Morgan fingerprint density at radius 1 is 1.21 bits per heavy atom. The van der Waals surface area contributed by atoms with Gasteiger partial charge in [-0.2, -0.15) is 0 Å². The molecule has 2 aromatic rings. The summed E-state index contributed by atoms with van der Waals surface area (Å²) in [5.41, 5.74) is 1.97. The molecule has 2 amide bonds. The molecule has 2 rings (SSSR count). The molecule has 0 aliphatic rings. The maximum Gasteiger partial charge on any atom is 0.249 e. The second-order valence-corrected chi connectivity index (χ2v) is 9.42. The van der Waals surface area contributed by atoms with Crippen molar-refractivity contribution in [3.05, 3.63) is 29.8 Å². The number of amides is 2. The Bertz CT molecular complexity index is 826. The van der Waals surface area contributed by atoms with Crippen LogP contribution >= 0.6 is 11.3 Å². The molecule has 0 aliphatic carbocycles. The number of aromatic nitrogens is 2. The molecule has 2 unspecified atom stereocenters. The van der Waals surface area contributed by atoms with E-state index in [4.69, 9.17) is 0 Å². The quantitative estimate of drug-likeness (QED) is 0.718. The Morgan fingerprint density at radius 2 is 1.93 bits per heavy atom. The first-order chi connectivity index (χ1) is 13.1. The van der Waals surface area contributed by atoms with Crippen LogP contribution in [0.25, 0.3) is 10.6 Å². The minimum atomic E-state index is -0.605. The molecule has 1 aromatic carbocycles. The summed E-state index contributed by atoms with van der Waals surface area (Å²) in [6, 6.07) is 7.37. The van der Waals surface area contributed by atoms with E-state index in [1.807, 2.05) is 65.8 Å². The Hall–Kier alpha value is -2.28. The largest absolute Gasteiger partial charge is 0.344 e. The van der Waals surface area contributed by atoms with Gasteiger partial charge in [-0.15, -0.1) is 10.2 Å².